The number of hydrogen-bond acceptors (Lipinski definition) is 4. The zero-order chi connectivity index (χ0) is 14.0. The molecule has 1 saturated carbocycles. The summed E-state index contributed by atoms with van der Waals surface area (Å²) in [5.74, 6) is 2.23. The average Bonchev–Trinajstić information content (AvgIpc) is 3.15. The van der Waals surface area contributed by atoms with Gasteiger partial charge in [0, 0.05) is 20.1 Å². The van der Waals surface area contributed by atoms with Crippen LogP contribution in [0.4, 0.5) is 0 Å². The van der Waals surface area contributed by atoms with Gasteiger partial charge in [-0.05, 0) is 31.6 Å². The maximum Gasteiger partial charge on any atom is 0.246 e. The smallest absolute Gasteiger partial charge is 0.246 e. The van der Waals surface area contributed by atoms with Crippen LogP contribution in [0.25, 0.3) is 0 Å². The Hall–Kier alpha value is -0.860. The van der Waals surface area contributed by atoms with E-state index in [-0.39, 0.29) is 24.0 Å². The van der Waals surface area contributed by atoms with E-state index in [1.807, 2.05) is 14.0 Å². The third-order valence-corrected chi connectivity index (χ3v) is 4.58. The van der Waals surface area contributed by atoms with Crippen molar-refractivity contribution in [2.75, 3.05) is 20.1 Å². The van der Waals surface area contributed by atoms with Gasteiger partial charge < -0.3 is 14.7 Å². The van der Waals surface area contributed by atoms with Crippen molar-refractivity contribution in [3.05, 3.63) is 11.7 Å². The van der Waals surface area contributed by atoms with E-state index in [1.54, 1.807) is 0 Å². The van der Waals surface area contributed by atoms with Gasteiger partial charge in [0.05, 0.1) is 6.54 Å². The van der Waals surface area contributed by atoms with Gasteiger partial charge in [-0.3, -0.25) is 4.99 Å². The fourth-order valence-corrected chi connectivity index (χ4v) is 3.55. The lowest BCUT2D eigenvalue weighted by molar-refractivity contribution is 0.308. The van der Waals surface area contributed by atoms with Gasteiger partial charge in [0.15, 0.2) is 11.8 Å². The molecule has 0 amide bonds. The SMILES string of the molecule is CN=C(NCc1nc(C)no1)N1CCC2(CCCC2)C1.I. The molecule has 1 aliphatic carbocycles. The van der Waals surface area contributed by atoms with Gasteiger partial charge in [-0.15, -0.1) is 24.0 Å². The van der Waals surface area contributed by atoms with Crippen molar-refractivity contribution >= 4 is 29.9 Å². The molecule has 1 spiro atoms. The Morgan fingerprint density at radius 2 is 2.14 bits per heavy atom. The van der Waals surface area contributed by atoms with Crippen molar-refractivity contribution in [1.82, 2.24) is 20.4 Å². The Morgan fingerprint density at radius 1 is 1.38 bits per heavy atom. The number of hydrogen-bond donors (Lipinski definition) is 1. The lowest BCUT2D eigenvalue weighted by Crippen LogP contribution is -2.40. The molecule has 1 N–H and O–H groups in total. The van der Waals surface area contributed by atoms with E-state index in [2.05, 4.69) is 25.3 Å². The van der Waals surface area contributed by atoms with Gasteiger partial charge in [0.2, 0.25) is 5.89 Å². The molecule has 6 nitrogen and oxygen atoms in total. The third-order valence-electron chi connectivity index (χ3n) is 4.58. The fourth-order valence-electron chi connectivity index (χ4n) is 3.55. The second kappa shape index (κ2) is 6.93. The van der Waals surface area contributed by atoms with Crippen LogP contribution in [0.5, 0.6) is 0 Å². The van der Waals surface area contributed by atoms with Crippen molar-refractivity contribution < 1.29 is 4.52 Å². The molecule has 1 aliphatic heterocycles. The summed E-state index contributed by atoms with van der Waals surface area (Å²) in [4.78, 5) is 11.0. The number of rotatable bonds is 2. The van der Waals surface area contributed by atoms with Crippen molar-refractivity contribution in [2.24, 2.45) is 10.4 Å². The predicted octanol–water partition coefficient (Wildman–Crippen LogP) is 2.34. The molecule has 1 aromatic rings. The predicted molar refractivity (Wildman–Crippen MR) is 91.7 cm³/mol. The molecule has 2 aliphatic rings. The number of guanidine groups is 1. The summed E-state index contributed by atoms with van der Waals surface area (Å²) in [6.07, 6.45) is 6.84. The van der Waals surface area contributed by atoms with Gasteiger partial charge in [-0.2, -0.15) is 4.98 Å². The zero-order valence-electron chi connectivity index (χ0n) is 12.8. The van der Waals surface area contributed by atoms with Crippen LogP contribution in [-0.2, 0) is 6.54 Å². The highest BCUT2D eigenvalue weighted by molar-refractivity contribution is 14.0. The first-order valence-corrected chi connectivity index (χ1v) is 7.46. The topological polar surface area (TPSA) is 66.5 Å². The number of nitrogens with zero attached hydrogens (tertiary/aromatic N) is 4. The molecule has 0 bridgehead atoms. The number of aryl methyl sites for hydroxylation is 1. The monoisotopic (exact) mass is 405 g/mol. The maximum absolute atomic E-state index is 5.12. The molecule has 0 radical (unpaired) electrons. The molecule has 2 fully saturated rings. The summed E-state index contributed by atoms with van der Waals surface area (Å²) in [5, 5.41) is 7.12. The molecular weight excluding hydrogens is 381 g/mol. The van der Waals surface area contributed by atoms with E-state index in [0.717, 1.165) is 19.0 Å². The summed E-state index contributed by atoms with van der Waals surface area (Å²) in [6.45, 7) is 4.60. The van der Waals surface area contributed by atoms with Crippen LogP contribution in [-0.4, -0.2) is 41.1 Å². The van der Waals surface area contributed by atoms with Crippen LogP contribution < -0.4 is 5.32 Å². The Balaban J connectivity index is 0.00000161. The summed E-state index contributed by atoms with van der Waals surface area (Å²) < 4.78 is 5.12. The van der Waals surface area contributed by atoms with Crippen LogP contribution >= 0.6 is 24.0 Å². The minimum atomic E-state index is 0. The summed E-state index contributed by atoms with van der Waals surface area (Å²) in [7, 11) is 1.83. The Labute approximate surface area is 142 Å². The van der Waals surface area contributed by atoms with Gasteiger partial charge in [-0.1, -0.05) is 18.0 Å². The molecule has 0 aromatic carbocycles. The van der Waals surface area contributed by atoms with E-state index in [1.165, 1.54) is 32.1 Å². The molecule has 3 rings (SSSR count). The molecule has 1 aromatic heterocycles. The molecular formula is C14H24IN5O. The highest BCUT2D eigenvalue weighted by atomic mass is 127. The first kappa shape index (κ1) is 16.5. The largest absolute Gasteiger partial charge is 0.347 e. The first-order chi connectivity index (χ1) is 9.71. The number of likely N-dealkylation sites (tertiary alicyclic amines) is 1. The molecule has 2 heterocycles. The summed E-state index contributed by atoms with van der Waals surface area (Å²) in [5.41, 5.74) is 0.554. The Morgan fingerprint density at radius 3 is 2.76 bits per heavy atom. The van der Waals surface area contributed by atoms with Crippen LogP contribution in [0.1, 0.15) is 43.8 Å². The van der Waals surface area contributed by atoms with Gasteiger partial charge in [0.1, 0.15) is 0 Å². The van der Waals surface area contributed by atoms with E-state index in [4.69, 9.17) is 4.52 Å². The molecule has 118 valence electrons. The van der Waals surface area contributed by atoms with Gasteiger partial charge >= 0.3 is 0 Å². The van der Waals surface area contributed by atoms with Crippen molar-refractivity contribution in [3.8, 4) is 0 Å². The van der Waals surface area contributed by atoms with Crippen molar-refractivity contribution in [3.63, 3.8) is 0 Å². The molecule has 1 saturated heterocycles. The van der Waals surface area contributed by atoms with E-state index in [9.17, 15) is 0 Å². The Kier molecular flexibility index (Phi) is 5.45. The highest BCUT2D eigenvalue weighted by Gasteiger charge is 2.41. The average molecular weight is 405 g/mol. The summed E-state index contributed by atoms with van der Waals surface area (Å²) >= 11 is 0. The third kappa shape index (κ3) is 3.67. The van der Waals surface area contributed by atoms with Crippen LogP contribution in [0.3, 0.4) is 0 Å². The quantitative estimate of drug-likeness (QED) is 0.465. The first-order valence-electron chi connectivity index (χ1n) is 7.46. The number of aliphatic imine (C=N–C) groups is 1. The zero-order valence-corrected chi connectivity index (χ0v) is 15.1. The molecule has 0 unspecified atom stereocenters. The van der Waals surface area contributed by atoms with Gasteiger partial charge in [0.25, 0.3) is 0 Å². The van der Waals surface area contributed by atoms with Gasteiger partial charge in [-0.25, -0.2) is 0 Å². The minimum absolute atomic E-state index is 0. The van der Waals surface area contributed by atoms with Crippen LogP contribution in [0, 0.1) is 12.3 Å². The fraction of sp³-hybridized carbons (Fsp3) is 0.786. The number of nitrogens with one attached hydrogen (secondary N) is 1. The number of halogens is 1. The van der Waals surface area contributed by atoms with Crippen molar-refractivity contribution in [2.45, 2.75) is 45.6 Å². The second-order valence-electron chi connectivity index (χ2n) is 6.01. The number of aromatic nitrogens is 2. The minimum Gasteiger partial charge on any atom is -0.347 e. The lowest BCUT2D eigenvalue weighted by Gasteiger charge is -2.25. The second-order valence-corrected chi connectivity index (χ2v) is 6.01. The lowest BCUT2D eigenvalue weighted by atomic mass is 9.86. The normalized spacial score (nSPS) is 20.9. The van der Waals surface area contributed by atoms with E-state index < -0.39 is 0 Å². The Bertz CT molecular complexity index is 495. The maximum atomic E-state index is 5.12. The molecule has 7 heteroatoms. The van der Waals surface area contributed by atoms with Crippen molar-refractivity contribution in [1.29, 1.82) is 0 Å². The van der Waals surface area contributed by atoms with Crippen LogP contribution in [0.15, 0.2) is 9.52 Å². The summed E-state index contributed by atoms with van der Waals surface area (Å²) in [6, 6.07) is 0. The molecule has 0 atom stereocenters. The van der Waals surface area contributed by atoms with E-state index in [0.29, 0.717) is 23.7 Å². The standard InChI is InChI=1S/C14H23N5O.HI/c1-11-17-12(20-18-11)9-16-13(15-2)19-8-7-14(10-19)5-3-4-6-14;/h3-10H2,1-2H3,(H,15,16);1H. The van der Waals surface area contributed by atoms with Crippen LogP contribution in [0.2, 0.25) is 0 Å². The highest BCUT2D eigenvalue weighted by Crippen LogP contribution is 2.45. The molecule has 21 heavy (non-hydrogen) atoms. The van der Waals surface area contributed by atoms with E-state index >= 15 is 0 Å².